The van der Waals surface area contributed by atoms with Gasteiger partial charge in [-0.1, -0.05) is 6.07 Å². The summed E-state index contributed by atoms with van der Waals surface area (Å²) in [6, 6.07) is 9.42. The second-order valence-corrected chi connectivity index (χ2v) is 7.20. The zero-order valence-electron chi connectivity index (χ0n) is 14.4. The molecule has 0 bridgehead atoms. The highest BCUT2D eigenvalue weighted by molar-refractivity contribution is 5.96. The van der Waals surface area contributed by atoms with Crippen molar-refractivity contribution >= 4 is 5.91 Å². The van der Waals surface area contributed by atoms with E-state index in [0.717, 1.165) is 42.7 Å². The molecule has 0 atom stereocenters. The van der Waals surface area contributed by atoms with E-state index in [1.807, 2.05) is 23.1 Å². The van der Waals surface area contributed by atoms with E-state index in [2.05, 4.69) is 4.98 Å². The average molecular weight is 352 g/mol. The van der Waals surface area contributed by atoms with Crippen molar-refractivity contribution in [3.8, 4) is 17.4 Å². The lowest BCUT2D eigenvalue weighted by Crippen LogP contribution is -2.45. The number of carbonyl (C=O) groups excluding carboxylic acids is 1. The summed E-state index contributed by atoms with van der Waals surface area (Å²) in [7, 11) is 0. The molecular formula is C20H20N2O4. The number of carbonyl (C=O) groups is 1. The Morgan fingerprint density at radius 2 is 1.96 bits per heavy atom. The Kier molecular flexibility index (Phi) is 3.51. The molecule has 1 saturated carbocycles. The quantitative estimate of drug-likeness (QED) is 0.831. The molecule has 1 fully saturated rings. The van der Waals surface area contributed by atoms with Crippen LogP contribution in [0.25, 0.3) is 0 Å². The lowest BCUT2D eigenvalue weighted by molar-refractivity contribution is 0.0339. The Labute approximate surface area is 151 Å². The summed E-state index contributed by atoms with van der Waals surface area (Å²) in [6.45, 7) is 1.34. The molecule has 3 aliphatic rings. The van der Waals surface area contributed by atoms with Crippen molar-refractivity contribution in [2.45, 2.75) is 37.8 Å². The third-order valence-electron chi connectivity index (χ3n) is 5.41. The van der Waals surface area contributed by atoms with Crippen molar-refractivity contribution in [3.05, 3.63) is 47.7 Å². The first-order chi connectivity index (χ1) is 12.7. The summed E-state index contributed by atoms with van der Waals surface area (Å²) in [5, 5.41) is 0. The van der Waals surface area contributed by atoms with Gasteiger partial charge < -0.3 is 19.1 Å². The van der Waals surface area contributed by atoms with Gasteiger partial charge in [0.05, 0.1) is 6.54 Å². The fourth-order valence-electron chi connectivity index (χ4n) is 4.13. The van der Waals surface area contributed by atoms with Gasteiger partial charge in [-0.05, 0) is 55.5 Å². The van der Waals surface area contributed by atoms with E-state index >= 15 is 0 Å². The van der Waals surface area contributed by atoms with Gasteiger partial charge in [0.2, 0.25) is 12.7 Å². The van der Waals surface area contributed by atoms with Crippen LogP contribution < -0.4 is 14.2 Å². The maximum Gasteiger partial charge on any atom is 0.259 e. The summed E-state index contributed by atoms with van der Waals surface area (Å²) in [6.07, 6.45) is 5.83. The zero-order valence-corrected chi connectivity index (χ0v) is 14.4. The number of hydrogen-bond acceptors (Lipinski definition) is 5. The van der Waals surface area contributed by atoms with Gasteiger partial charge in [0.25, 0.3) is 5.91 Å². The zero-order chi connectivity index (χ0) is 17.6. The summed E-state index contributed by atoms with van der Waals surface area (Å²) < 4.78 is 17.1. The number of benzene rings is 1. The molecule has 3 heterocycles. The Balaban J connectivity index is 1.49. The van der Waals surface area contributed by atoms with Gasteiger partial charge in [0, 0.05) is 12.7 Å². The van der Waals surface area contributed by atoms with Crippen molar-refractivity contribution < 1.29 is 19.0 Å². The van der Waals surface area contributed by atoms with Crippen LogP contribution in [0.5, 0.6) is 17.4 Å². The monoisotopic (exact) mass is 352 g/mol. The van der Waals surface area contributed by atoms with E-state index in [-0.39, 0.29) is 18.3 Å². The highest BCUT2D eigenvalue weighted by Crippen LogP contribution is 2.39. The van der Waals surface area contributed by atoms with Crippen molar-refractivity contribution in [2.24, 2.45) is 0 Å². The number of aromatic nitrogens is 1. The maximum absolute atomic E-state index is 13.2. The SMILES string of the molecule is O=C1c2cccnc2OC2(CCCC2)CN1Cc1ccc2c(c1)OCO2. The second kappa shape index (κ2) is 5.90. The third-order valence-corrected chi connectivity index (χ3v) is 5.41. The van der Waals surface area contributed by atoms with Crippen LogP contribution in [-0.2, 0) is 6.54 Å². The Morgan fingerprint density at radius 1 is 1.12 bits per heavy atom. The maximum atomic E-state index is 13.2. The fraction of sp³-hybridized carbons (Fsp3) is 0.400. The molecule has 1 aromatic heterocycles. The number of ether oxygens (including phenoxy) is 3. The van der Waals surface area contributed by atoms with E-state index < -0.39 is 0 Å². The van der Waals surface area contributed by atoms with Crippen LogP contribution in [0.3, 0.4) is 0 Å². The number of nitrogens with zero attached hydrogens (tertiary/aromatic N) is 2. The normalized spacial score (nSPS) is 20.0. The molecule has 6 heteroatoms. The van der Waals surface area contributed by atoms with Crippen molar-refractivity contribution in [1.29, 1.82) is 0 Å². The Bertz CT molecular complexity index is 861. The first-order valence-electron chi connectivity index (χ1n) is 9.04. The number of fused-ring (bicyclic) bond motifs is 2. The van der Waals surface area contributed by atoms with E-state index in [1.54, 1.807) is 18.3 Å². The summed E-state index contributed by atoms with van der Waals surface area (Å²) in [4.78, 5) is 19.4. The molecule has 134 valence electrons. The lowest BCUT2D eigenvalue weighted by atomic mass is 10.0. The molecule has 2 aliphatic heterocycles. The van der Waals surface area contributed by atoms with Crippen LogP contribution in [0.15, 0.2) is 36.5 Å². The molecule has 0 N–H and O–H groups in total. The van der Waals surface area contributed by atoms with Crippen LogP contribution in [0.4, 0.5) is 0 Å². The van der Waals surface area contributed by atoms with Gasteiger partial charge in [0.15, 0.2) is 11.5 Å². The fourth-order valence-corrected chi connectivity index (χ4v) is 4.13. The van der Waals surface area contributed by atoms with E-state index in [1.165, 1.54) is 0 Å². The van der Waals surface area contributed by atoms with Gasteiger partial charge in [-0.2, -0.15) is 0 Å². The van der Waals surface area contributed by atoms with E-state index in [0.29, 0.717) is 24.5 Å². The van der Waals surface area contributed by atoms with E-state index in [9.17, 15) is 4.79 Å². The van der Waals surface area contributed by atoms with Gasteiger partial charge in [-0.3, -0.25) is 4.79 Å². The standard InChI is InChI=1S/C20H20N2O4/c23-19-15-4-3-9-21-18(15)26-20(7-1-2-8-20)12-22(19)11-14-5-6-16-17(10-14)25-13-24-16/h3-6,9-10H,1-2,7-8,11-13H2. The minimum Gasteiger partial charge on any atom is -0.469 e. The molecule has 0 radical (unpaired) electrons. The highest BCUT2D eigenvalue weighted by atomic mass is 16.7. The lowest BCUT2D eigenvalue weighted by Gasteiger charge is -2.32. The topological polar surface area (TPSA) is 60.9 Å². The van der Waals surface area contributed by atoms with Crippen molar-refractivity contribution in [3.63, 3.8) is 0 Å². The molecule has 5 rings (SSSR count). The third kappa shape index (κ3) is 2.57. The predicted octanol–water partition coefficient (Wildman–Crippen LogP) is 3.16. The number of amides is 1. The van der Waals surface area contributed by atoms with Crippen LogP contribution >= 0.6 is 0 Å². The number of hydrogen-bond donors (Lipinski definition) is 0. The van der Waals surface area contributed by atoms with Crippen LogP contribution in [-0.4, -0.2) is 34.7 Å². The summed E-state index contributed by atoms with van der Waals surface area (Å²) in [5.74, 6) is 1.92. The second-order valence-electron chi connectivity index (χ2n) is 7.20. The number of pyridine rings is 1. The Hall–Kier alpha value is -2.76. The summed E-state index contributed by atoms with van der Waals surface area (Å²) in [5.41, 5.74) is 1.23. The molecule has 1 aliphatic carbocycles. The molecule has 0 unspecified atom stereocenters. The molecular weight excluding hydrogens is 332 g/mol. The average Bonchev–Trinajstić information content (AvgIpc) is 3.28. The van der Waals surface area contributed by atoms with Crippen molar-refractivity contribution in [2.75, 3.05) is 13.3 Å². The molecule has 1 aromatic carbocycles. The predicted molar refractivity (Wildman–Crippen MR) is 93.4 cm³/mol. The highest BCUT2D eigenvalue weighted by Gasteiger charge is 2.43. The largest absolute Gasteiger partial charge is 0.469 e. The molecule has 26 heavy (non-hydrogen) atoms. The van der Waals surface area contributed by atoms with Gasteiger partial charge in [0.1, 0.15) is 11.2 Å². The smallest absolute Gasteiger partial charge is 0.259 e. The molecule has 6 nitrogen and oxygen atoms in total. The molecule has 1 amide bonds. The summed E-state index contributed by atoms with van der Waals surface area (Å²) >= 11 is 0. The van der Waals surface area contributed by atoms with Gasteiger partial charge >= 0.3 is 0 Å². The number of rotatable bonds is 2. The first-order valence-corrected chi connectivity index (χ1v) is 9.04. The first kappa shape index (κ1) is 15.5. The van der Waals surface area contributed by atoms with Crippen LogP contribution in [0.2, 0.25) is 0 Å². The molecule has 2 aromatic rings. The Morgan fingerprint density at radius 3 is 2.85 bits per heavy atom. The molecule has 1 spiro atoms. The van der Waals surface area contributed by atoms with E-state index in [4.69, 9.17) is 14.2 Å². The minimum atomic E-state index is -0.328. The van der Waals surface area contributed by atoms with Crippen molar-refractivity contribution in [1.82, 2.24) is 9.88 Å². The van der Waals surface area contributed by atoms with Crippen LogP contribution in [0.1, 0.15) is 41.6 Å². The van der Waals surface area contributed by atoms with Gasteiger partial charge in [-0.15, -0.1) is 0 Å². The minimum absolute atomic E-state index is 0.0328. The van der Waals surface area contributed by atoms with Gasteiger partial charge in [-0.25, -0.2) is 4.98 Å². The molecule has 0 saturated heterocycles. The van der Waals surface area contributed by atoms with Crippen LogP contribution in [0, 0.1) is 0 Å².